The van der Waals surface area contributed by atoms with Crippen molar-refractivity contribution in [3.63, 3.8) is 0 Å². The van der Waals surface area contributed by atoms with Crippen molar-refractivity contribution in [1.29, 1.82) is 0 Å². The smallest absolute Gasteiger partial charge is 0.291 e. The summed E-state index contributed by atoms with van der Waals surface area (Å²) in [4.78, 5) is 19.5. The number of aromatic nitrogens is 5. The molecule has 0 N–H and O–H groups in total. The topological polar surface area (TPSA) is 74.3 Å². The summed E-state index contributed by atoms with van der Waals surface area (Å²) in [6, 6.07) is 20.0. The minimum atomic E-state index is -0.199. The lowest BCUT2D eigenvalue weighted by Gasteiger charge is -2.12. The molecule has 0 radical (unpaired) electrons. The monoisotopic (exact) mass is 565 g/mol. The quantitative estimate of drug-likeness (QED) is 0.222. The molecule has 0 saturated carbocycles. The second kappa shape index (κ2) is 11.0. The minimum Gasteiger partial charge on any atom is -0.493 e. The van der Waals surface area contributed by atoms with Crippen LogP contribution >= 0.6 is 22.7 Å². The Kier molecular flexibility index (Phi) is 7.15. The van der Waals surface area contributed by atoms with Crippen molar-refractivity contribution in [2.75, 3.05) is 6.61 Å². The van der Waals surface area contributed by atoms with E-state index in [1.807, 2.05) is 96.0 Å². The van der Waals surface area contributed by atoms with Crippen molar-refractivity contribution in [2.24, 2.45) is 5.92 Å². The highest BCUT2D eigenvalue weighted by Gasteiger charge is 2.15. The SMILES string of the molecule is Cc1cc(-c2nn(-c3ccccc3)cc2/C=c2\sc3nc(/C=C/c4cccs4)nn3c2=O)ccc1OCC(C)C. The van der Waals surface area contributed by atoms with Crippen LogP contribution in [0.3, 0.4) is 0 Å². The molecule has 2 aromatic carbocycles. The summed E-state index contributed by atoms with van der Waals surface area (Å²) >= 11 is 2.95. The highest BCUT2D eigenvalue weighted by Crippen LogP contribution is 2.29. The van der Waals surface area contributed by atoms with Gasteiger partial charge in [0.25, 0.3) is 5.56 Å². The molecule has 0 saturated heterocycles. The Hall–Kier alpha value is -4.34. The molecule has 6 rings (SSSR count). The van der Waals surface area contributed by atoms with Gasteiger partial charge in [0.1, 0.15) is 11.4 Å². The van der Waals surface area contributed by atoms with Crippen molar-refractivity contribution in [1.82, 2.24) is 24.4 Å². The largest absolute Gasteiger partial charge is 0.493 e. The van der Waals surface area contributed by atoms with Gasteiger partial charge in [0.05, 0.1) is 16.8 Å². The lowest BCUT2D eigenvalue weighted by molar-refractivity contribution is 0.269. The van der Waals surface area contributed by atoms with Crippen LogP contribution in [-0.4, -0.2) is 31.0 Å². The molecule has 0 aliphatic carbocycles. The predicted molar refractivity (Wildman–Crippen MR) is 163 cm³/mol. The number of ether oxygens (including phenoxy) is 1. The van der Waals surface area contributed by atoms with Crippen LogP contribution in [0.4, 0.5) is 0 Å². The van der Waals surface area contributed by atoms with Crippen molar-refractivity contribution in [2.45, 2.75) is 20.8 Å². The summed E-state index contributed by atoms with van der Waals surface area (Å²) in [5.74, 6) is 1.82. The fourth-order valence-corrected chi connectivity index (χ4v) is 5.77. The highest BCUT2D eigenvalue weighted by molar-refractivity contribution is 7.15. The number of nitrogens with zero attached hydrogens (tertiary/aromatic N) is 5. The van der Waals surface area contributed by atoms with E-state index >= 15 is 0 Å². The molecular weight excluding hydrogens is 539 g/mol. The molecule has 0 bridgehead atoms. The van der Waals surface area contributed by atoms with Gasteiger partial charge in [0.15, 0.2) is 5.82 Å². The molecule has 7 nitrogen and oxygen atoms in total. The van der Waals surface area contributed by atoms with Crippen molar-refractivity contribution in [3.05, 3.63) is 109 Å². The molecule has 0 fully saturated rings. The number of aryl methyl sites for hydroxylation is 1. The second-order valence-corrected chi connectivity index (χ2v) is 11.8. The van der Waals surface area contributed by atoms with Crippen LogP contribution in [0.1, 0.15) is 35.7 Å². The molecule has 0 aliphatic rings. The standard InChI is InChI=1S/C31H27N5O2S2/c1-20(2)19-38-26-13-11-22(16-21(26)3)29-23(18-35(34-29)24-8-5-4-6-9-24)17-27-30(37)36-31(40-27)32-28(33-36)14-12-25-10-7-15-39-25/h4-18,20H,19H2,1-3H3/b14-12+,27-17-. The van der Waals surface area contributed by atoms with Crippen LogP contribution in [0.15, 0.2) is 77.0 Å². The lowest BCUT2D eigenvalue weighted by Crippen LogP contribution is -2.23. The summed E-state index contributed by atoms with van der Waals surface area (Å²) in [6.07, 6.45) is 7.61. The molecule has 4 heterocycles. The first-order valence-corrected chi connectivity index (χ1v) is 14.7. The summed E-state index contributed by atoms with van der Waals surface area (Å²) in [6.45, 7) is 6.96. The first kappa shape index (κ1) is 25.9. The second-order valence-electron chi connectivity index (χ2n) is 9.83. The zero-order valence-corrected chi connectivity index (χ0v) is 23.9. The molecule has 0 unspecified atom stereocenters. The maximum absolute atomic E-state index is 13.3. The average molecular weight is 566 g/mol. The van der Waals surface area contributed by atoms with E-state index in [4.69, 9.17) is 9.84 Å². The van der Waals surface area contributed by atoms with Crippen LogP contribution in [-0.2, 0) is 0 Å². The zero-order chi connectivity index (χ0) is 27.6. The Balaban J connectivity index is 1.40. The molecule has 0 spiro atoms. The number of benzene rings is 2. The van der Waals surface area contributed by atoms with E-state index in [0.29, 0.717) is 27.8 Å². The summed E-state index contributed by atoms with van der Waals surface area (Å²) in [5, 5.41) is 11.4. The molecule has 40 heavy (non-hydrogen) atoms. The van der Waals surface area contributed by atoms with Crippen LogP contribution in [0, 0.1) is 12.8 Å². The molecule has 6 aromatic rings. The van der Waals surface area contributed by atoms with E-state index in [9.17, 15) is 4.79 Å². The predicted octanol–water partition coefficient (Wildman–Crippen LogP) is 6.13. The zero-order valence-electron chi connectivity index (χ0n) is 22.3. The van der Waals surface area contributed by atoms with Gasteiger partial charge in [-0.2, -0.15) is 14.6 Å². The van der Waals surface area contributed by atoms with Crippen LogP contribution < -0.4 is 14.8 Å². The van der Waals surface area contributed by atoms with Crippen LogP contribution in [0.5, 0.6) is 5.75 Å². The Morgan fingerprint density at radius 2 is 1.88 bits per heavy atom. The Bertz CT molecular complexity index is 1920. The van der Waals surface area contributed by atoms with E-state index in [0.717, 1.165) is 38.7 Å². The molecule has 0 atom stereocenters. The van der Waals surface area contributed by atoms with Crippen LogP contribution in [0.25, 0.3) is 40.1 Å². The van der Waals surface area contributed by atoms with Gasteiger partial charge in [-0.05, 0) is 78.4 Å². The van der Waals surface area contributed by atoms with Crippen molar-refractivity contribution < 1.29 is 4.74 Å². The Labute approximate surface area is 239 Å². The fourth-order valence-electron chi connectivity index (χ4n) is 4.25. The van der Waals surface area contributed by atoms with E-state index < -0.39 is 0 Å². The van der Waals surface area contributed by atoms with Gasteiger partial charge < -0.3 is 4.74 Å². The maximum atomic E-state index is 13.3. The third kappa shape index (κ3) is 5.38. The molecule has 0 aliphatic heterocycles. The molecule has 200 valence electrons. The van der Waals surface area contributed by atoms with Gasteiger partial charge >= 0.3 is 0 Å². The fraction of sp³-hybridized carbons (Fsp3) is 0.161. The van der Waals surface area contributed by atoms with Gasteiger partial charge in [0, 0.05) is 22.2 Å². The number of hydrogen-bond acceptors (Lipinski definition) is 7. The van der Waals surface area contributed by atoms with Crippen molar-refractivity contribution >= 4 is 45.9 Å². The highest BCUT2D eigenvalue weighted by atomic mass is 32.1. The number of rotatable bonds is 8. The third-order valence-corrected chi connectivity index (χ3v) is 8.01. The number of thiophene rings is 1. The third-order valence-electron chi connectivity index (χ3n) is 6.21. The van der Waals surface area contributed by atoms with E-state index in [-0.39, 0.29) is 5.56 Å². The first-order chi connectivity index (χ1) is 19.4. The molecule has 9 heteroatoms. The number of thiazole rings is 1. The van der Waals surface area contributed by atoms with Gasteiger partial charge in [-0.25, -0.2) is 4.68 Å². The van der Waals surface area contributed by atoms with Gasteiger partial charge in [-0.15, -0.1) is 16.4 Å². The Morgan fingerprint density at radius 3 is 2.60 bits per heavy atom. The van der Waals surface area contributed by atoms with Crippen LogP contribution in [0.2, 0.25) is 0 Å². The molecular formula is C31H27N5O2S2. The lowest BCUT2D eigenvalue weighted by atomic mass is 10.0. The summed E-state index contributed by atoms with van der Waals surface area (Å²) in [7, 11) is 0. The number of fused-ring (bicyclic) bond motifs is 1. The van der Waals surface area contributed by atoms with E-state index in [1.165, 1.54) is 15.9 Å². The average Bonchev–Trinajstić information content (AvgIpc) is 3.74. The van der Waals surface area contributed by atoms with E-state index in [2.05, 4.69) is 30.0 Å². The maximum Gasteiger partial charge on any atom is 0.291 e. The van der Waals surface area contributed by atoms with Crippen molar-refractivity contribution in [3.8, 4) is 22.7 Å². The van der Waals surface area contributed by atoms with Gasteiger partial charge in [0.2, 0.25) is 4.96 Å². The minimum absolute atomic E-state index is 0.199. The summed E-state index contributed by atoms with van der Waals surface area (Å²) in [5.41, 5.74) is 4.33. The molecule has 4 aromatic heterocycles. The normalized spacial score (nSPS) is 12.3. The van der Waals surface area contributed by atoms with Gasteiger partial charge in [-0.1, -0.05) is 49.4 Å². The summed E-state index contributed by atoms with van der Waals surface area (Å²) < 4.78 is 9.75. The Morgan fingerprint density at radius 1 is 1.02 bits per heavy atom. The van der Waals surface area contributed by atoms with E-state index in [1.54, 1.807) is 11.3 Å². The first-order valence-electron chi connectivity index (χ1n) is 13.0. The number of para-hydroxylation sites is 1. The van der Waals surface area contributed by atoms with Gasteiger partial charge in [-0.3, -0.25) is 4.79 Å². The molecule has 0 amide bonds. The number of hydrogen-bond donors (Lipinski definition) is 0.